The fourth-order valence-electron chi connectivity index (χ4n) is 3.16. The van der Waals surface area contributed by atoms with Gasteiger partial charge in [-0.25, -0.2) is 22.3 Å². The quantitative estimate of drug-likeness (QED) is 0.812. The zero-order chi connectivity index (χ0) is 18.0. The van der Waals surface area contributed by atoms with Crippen LogP contribution >= 0.6 is 0 Å². The van der Waals surface area contributed by atoms with Crippen molar-refractivity contribution >= 4 is 15.7 Å². The van der Waals surface area contributed by atoms with E-state index in [0.29, 0.717) is 25.6 Å². The number of pyridine rings is 1. The number of rotatable bonds is 5. The average Bonchev–Trinajstić information content (AvgIpc) is 2.77. The molecule has 25 heavy (non-hydrogen) atoms. The predicted molar refractivity (Wildman–Crippen MR) is 96.1 cm³/mol. The lowest BCUT2D eigenvalue weighted by atomic mass is 10.1. The Balaban J connectivity index is 2.04. The highest BCUT2D eigenvalue weighted by Crippen LogP contribution is 2.22. The van der Waals surface area contributed by atoms with E-state index in [4.69, 9.17) is 0 Å². The van der Waals surface area contributed by atoms with Crippen molar-refractivity contribution in [2.24, 2.45) is 5.92 Å². The standard InChI is InChI=1S/C17H26N4O3S/c1-14(2)9-13-21-17(22)20-12-7-8-15(16(20)18-21)25(23,24)19-10-5-3-4-6-11-19/h7-8,12,14H,3-6,9-11,13H2,1-2H3. The third-order valence-corrected chi connectivity index (χ3v) is 6.59. The van der Waals surface area contributed by atoms with E-state index < -0.39 is 10.0 Å². The lowest BCUT2D eigenvalue weighted by Crippen LogP contribution is -2.32. The Bertz CT molecular complexity index is 890. The lowest BCUT2D eigenvalue weighted by molar-refractivity contribution is 0.424. The molecule has 2 aromatic rings. The van der Waals surface area contributed by atoms with Crippen LogP contribution in [0.5, 0.6) is 0 Å². The number of aromatic nitrogens is 3. The van der Waals surface area contributed by atoms with E-state index in [2.05, 4.69) is 18.9 Å². The van der Waals surface area contributed by atoms with Crippen LogP contribution in [0.15, 0.2) is 28.0 Å². The molecule has 138 valence electrons. The van der Waals surface area contributed by atoms with Gasteiger partial charge in [-0.1, -0.05) is 26.7 Å². The Labute approximate surface area is 148 Å². The number of hydrogen-bond donors (Lipinski definition) is 0. The molecule has 0 unspecified atom stereocenters. The van der Waals surface area contributed by atoms with Gasteiger partial charge >= 0.3 is 5.69 Å². The zero-order valence-electron chi connectivity index (χ0n) is 14.9. The van der Waals surface area contributed by atoms with Crippen LogP contribution < -0.4 is 5.69 Å². The van der Waals surface area contributed by atoms with Crippen molar-refractivity contribution in [1.29, 1.82) is 0 Å². The molecule has 0 aliphatic carbocycles. The van der Waals surface area contributed by atoms with E-state index in [9.17, 15) is 13.2 Å². The Morgan fingerprint density at radius 3 is 2.48 bits per heavy atom. The molecule has 0 spiro atoms. The number of aryl methyl sites for hydroxylation is 1. The van der Waals surface area contributed by atoms with Crippen LogP contribution in [0.1, 0.15) is 46.0 Å². The summed E-state index contributed by atoms with van der Waals surface area (Å²) in [6.07, 6.45) is 6.25. The summed E-state index contributed by atoms with van der Waals surface area (Å²) in [5.74, 6) is 0.442. The fourth-order valence-corrected chi connectivity index (χ4v) is 4.80. The molecule has 1 fully saturated rings. The van der Waals surface area contributed by atoms with Crippen molar-refractivity contribution in [3.63, 3.8) is 0 Å². The molecule has 0 bridgehead atoms. The van der Waals surface area contributed by atoms with Gasteiger partial charge in [0.1, 0.15) is 4.90 Å². The van der Waals surface area contributed by atoms with Gasteiger partial charge in [-0.2, -0.15) is 4.31 Å². The summed E-state index contributed by atoms with van der Waals surface area (Å²) >= 11 is 0. The van der Waals surface area contributed by atoms with Gasteiger partial charge in [-0.15, -0.1) is 5.10 Å². The van der Waals surface area contributed by atoms with Crippen LogP contribution in [-0.4, -0.2) is 40.0 Å². The highest BCUT2D eigenvalue weighted by molar-refractivity contribution is 7.89. The second-order valence-corrected chi connectivity index (χ2v) is 8.98. The zero-order valence-corrected chi connectivity index (χ0v) is 15.7. The van der Waals surface area contributed by atoms with Gasteiger partial charge in [0.2, 0.25) is 10.0 Å². The molecule has 7 nitrogen and oxygen atoms in total. The molecule has 0 saturated carbocycles. The molecule has 0 amide bonds. The van der Waals surface area contributed by atoms with Crippen molar-refractivity contribution in [1.82, 2.24) is 18.5 Å². The summed E-state index contributed by atoms with van der Waals surface area (Å²) in [6, 6.07) is 3.16. The normalized spacial score (nSPS) is 17.2. The van der Waals surface area contributed by atoms with Crippen molar-refractivity contribution in [2.45, 2.75) is 57.4 Å². The van der Waals surface area contributed by atoms with E-state index in [0.717, 1.165) is 32.1 Å². The molecular formula is C17H26N4O3S. The van der Waals surface area contributed by atoms with E-state index in [-0.39, 0.29) is 16.2 Å². The topological polar surface area (TPSA) is 76.7 Å². The van der Waals surface area contributed by atoms with Gasteiger partial charge in [0.05, 0.1) is 0 Å². The van der Waals surface area contributed by atoms with Crippen LogP contribution in [-0.2, 0) is 16.6 Å². The number of sulfonamides is 1. The molecule has 1 aliphatic heterocycles. The van der Waals surface area contributed by atoms with Crippen LogP contribution in [0.2, 0.25) is 0 Å². The van der Waals surface area contributed by atoms with Crippen LogP contribution in [0.25, 0.3) is 5.65 Å². The summed E-state index contributed by atoms with van der Waals surface area (Å²) in [5.41, 5.74) is -0.0657. The second kappa shape index (κ2) is 7.29. The molecule has 2 aromatic heterocycles. The first-order chi connectivity index (χ1) is 11.9. The van der Waals surface area contributed by atoms with Gasteiger partial charge in [0.15, 0.2) is 5.65 Å². The van der Waals surface area contributed by atoms with E-state index in [1.165, 1.54) is 13.4 Å². The maximum absolute atomic E-state index is 13.1. The summed E-state index contributed by atoms with van der Waals surface area (Å²) in [5, 5.41) is 4.33. The van der Waals surface area contributed by atoms with Gasteiger partial charge in [-0.05, 0) is 37.3 Å². The highest BCUT2D eigenvalue weighted by Gasteiger charge is 2.28. The monoisotopic (exact) mass is 366 g/mol. The Kier molecular flexibility index (Phi) is 5.29. The molecule has 1 aliphatic rings. The van der Waals surface area contributed by atoms with Crippen molar-refractivity contribution in [2.75, 3.05) is 13.1 Å². The largest absolute Gasteiger partial charge is 0.350 e. The van der Waals surface area contributed by atoms with Gasteiger partial charge < -0.3 is 0 Å². The molecule has 3 heterocycles. The fraction of sp³-hybridized carbons (Fsp3) is 0.647. The third-order valence-electron chi connectivity index (χ3n) is 4.67. The molecule has 0 N–H and O–H groups in total. The summed E-state index contributed by atoms with van der Waals surface area (Å²) in [6.45, 7) is 5.71. The minimum atomic E-state index is -3.65. The van der Waals surface area contributed by atoms with Crippen LogP contribution in [0.3, 0.4) is 0 Å². The van der Waals surface area contributed by atoms with E-state index in [1.807, 2.05) is 0 Å². The van der Waals surface area contributed by atoms with Crippen LogP contribution in [0, 0.1) is 5.92 Å². The molecule has 8 heteroatoms. The molecule has 0 atom stereocenters. The maximum atomic E-state index is 13.1. The molecule has 0 aromatic carbocycles. The first-order valence-electron chi connectivity index (χ1n) is 8.99. The first kappa shape index (κ1) is 18.1. The lowest BCUT2D eigenvalue weighted by Gasteiger charge is -2.19. The van der Waals surface area contributed by atoms with Gasteiger partial charge in [0.25, 0.3) is 0 Å². The number of nitrogens with zero attached hydrogens (tertiary/aromatic N) is 4. The van der Waals surface area contributed by atoms with Crippen molar-refractivity contribution in [3.05, 3.63) is 28.8 Å². The highest BCUT2D eigenvalue weighted by atomic mass is 32.2. The molecule has 3 rings (SSSR count). The van der Waals surface area contributed by atoms with E-state index >= 15 is 0 Å². The van der Waals surface area contributed by atoms with Gasteiger partial charge in [0, 0.05) is 25.8 Å². The summed E-state index contributed by atoms with van der Waals surface area (Å²) in [4.78, 5) is 12.6. The van der Waals surface area contributed by atoms with Crippen LogP contribution in [0.4, 0.5) is 0 Å². The maximum Gasteiger partial charge on any atom is 0.350 e. The van der Waals surface area contributed by atoms with Crippen molar-refractivity contribution < 1.29 is 8.42 Å². The molecular weight excluding hydrogens is 340 g/mol. The smallest absolute Gasteiger partial charge is 0.249 e. The second-order valence-electron chi connectivity index (χ2n) is 7.07. The first-order valence-corrected chi connectivity index (χ1v) is 10.4. The Morgan fingerprint density at radius 2 is 1.84 bits per heavy atom. The number of hydrogen-bond acceptors (Lipinski definition) is 4. The van der Waals surface area contributed by atoms with Gasteiger partial charge in [-0.3, -0.25) is 0 Å². The predicted octanol–water partition coefficient (Wildman–Crippen LogP) is 2.11. The average molecular weight is 366 g/mol. The Morgan fingerprint density at radius 1 is 1.16 bits per heavy atom. The third kappa shape index (κ3) is 3.64. The molecule has 1 saturated heterocycles. The van der Waals surface area contributed by atoms with Crippen molar-refractivity contribution in [3.8, 4) is 0 Å². The minimum absolute atomic E-state index is 0.122. The summed E-state index contributed by atoms with van der Waals surface area (Å²) in [7, 11) is -3.65. The summed E-state index contributed by atoms with van der Waals surface area (Å²) < 4.78 is 30.4. The number of fused-ring (bicyclic) bond motifs is 1. The molecule has 0 radical (unpaired) electrons. The SMILES string of the molecule is CC(C)CCn1nc2c(S(=O)(=O)N3CCCCCC3)cccn2c1=O. The Hall–Kier alpha value is -1.67. The minimum Gasteiger partial charge on any atom is -0.249 e. The van der Waals surface area contributed by atoms with E-state index in [1.54, 1.807) is 18.3 Å².